The number of esters is 1. The maximum absolute atomic E-state index is 11.0. The zero-order valence-electron chi connectivity index (χ0n) is 8.53. The number of ether oxygens (including phenoxy) is 2. The third kappa shape index (κ3) is 4.83. The molecule has 4 heteroatoms. The summed E-state index contributed by atoms with van der Waals surface area (Å²) in [5.41, 5.74) is 0. The van der Waals surface area contributed by atoms with Gasteiger partial charge in [-0.15, -0.1) is 0 Å². The van der Waals surface area contributed by atoms with E-state index in [4.69, 9.17) is 9.47 Å². The Labute approximate surface area is 97.5 Å². The van der Waals surface area contributed by atoms with Crippen LogP contribution in [-0.4, -0.2) is 19.2 Å². The van der Waals surface area contributed by atoms with Crippen LogP contribution in [0.25, 0.3) is 0 Å². The van der Waals surface area contributed by atoms with E-state index in [0.717, 1.165) is 10.2 Å². The maximum Gasteiger partial charge on any atom is 0.309 e. The van der Waals surface area contributed by atoms with Crippen molar-refractivity contribution in [3.8, 4) is 5.75 Å². The molecule has 0 amide bonds. The fourth-order valence-corrected chi connectivity index (χ4v) is 1.28. The molecule has 0 fully saturated rings. The molecule has 0 aliphatic rings. The minimum atomic E-state index is -0.227. The molecular formula is C11H13BrO3. The fourth-order valence-electron chi connectivity index (χ4n) is 1.02. The molecule has 82 valence electrons. The smallest absolute Gasteiger partial charge is 0.309 e. The van der Waals surface area contributed by atoms with E-state index in [1.807, 2.05) is 24.3 Å². The number of hydrogen-bond donors (Lipinski definition) is 0. The van der Waals surface area contributed by atoms with Crippen molar-refractivity contribution in [2.45, 2.75) is 13.3 Å². The third-order valence-electron chi connectivity index (χ3n) is 1.69. The van der Waals surface area contributed by atoms with Crippen LogP contribution >= 0.6 is 15.9 Å². The lowest BCUT2D eigenvalue weighted by Gasteiger charge is -2.05. The molecule has 3 nitrogen and oxygen atoms in total. The van der Waals surface area contributed by atoms with Gasteiger partial charge in [0.25, 0.3) is 0 Å². The molecule has 15 heavy (non-hydrogen) atoms. The van der Waals surface area contributed by atoms with E-state index in [1.165, 1.54) is 0 Å². The molecule has 1 aromatic carbocycles. The highest BCUT2D eigenvalue weighted by molar-refractivity contribution is 9.10. The van der Waals surface area contributed by atoms with E-state index in [2.05, 4.69) is 15.9 Å². The first-order valence-corrected chi connectivity index (χ1v) is 5.55. The van der Waals surface area contributed by atoms with E-state index >= 15 is 0 Å². The molecule has 0 bridgehead atoms. The Bertz CT molecular complexity index is 308. The summed E-state index contributed by atoms with van der Waals surface area (Å²) < 4.78 is 11.1. The number of carbonyl (C=O) groups excluding carboxylic acids is 1. The molecule has 0 spiro atoms. The Kier molecular flexibility index (Phi) is 5.18. The summed E-state index contributed by atoms with van der Waals surface area (Å²) in [5.74, 6) is 0.525. The van der Waals surface area contributed by atoms with E-state index in [-0.39, 0.29) is 12.4 Å². The highest BCUT2D eigenvalue weighted by atomic mass is 79.9. The molecular weight excluding hydrogens is 260 g/mol. The normalized spacial score (nSPS) is 9.73. The second-order valence-electron chi connectivity index (χ2n) is 2.86. The summed E-state index contributed by atoms with van der Waals surface area (Å²) in [5, 5.41) is 0. The largest absolute Gasteiger partial charge is 0.493 e. The van der Waals surface area contributed by atoms with Crippen LogP contribution in [0.2, 0.25) is 0 Å². The van der Waals surface area contributed by atoms with Crippen LogP contribution in [0, 0.1) is 0 Å². The van der Waals surface area contributed by atoms with Crippen LogP contribution in [0.1, 0.15) is 13.3 Å². The van der Waals surface area contributed by atoms with Crippen molar-refractivity contribution in [2.75, 3.05) is 13.2 Å². The molecule has 0 aromatic heterocycles. The maximum atomic E-state index is 11.0. The number of benzene rings is 1. The molecule has 1 rings (SSSR count). The summed E-state index contributed by atoms with van der Waals surface area (Å²) in [7, 11) is 0. The van der Waals surface area contributed by atoms with E-state index < -0.39 is 0 Å². The fraction of sp³-hybridized carbons (Fsp3) is 0.364. The van der Waals surface area contributed by atoms with Crippen molar-refractivity contribution < 1.29 is 14.3 Å². The lowest BCUT2D eigenvalue weighted by Crippen LogP contribution is -2.09. The van der Waals surface area contributed by atoms with Gasteiger partial charge in [-0.3, -0.25) is 4.79 Å². The zero-order chi connectivity index (χ0) is 11.1. The molecule has 0 aliphatic heterocycles. The van der Waals surface area contributed by atoms with Crippen molar-refractivity contribution in [1.82, 2.24) is 0 Å². The number of halogens is 1. The first kappa shape index (κ1) is 12.0. The summed E-state index contributed by atoms with van der Waals surface area (Å²) in [6.45, 7) is 2.55. The van der Waals surface area contributed by atoms with Gasteiger partial charge in [-0.1, -0.05) is 15.9 Å². The van der Waals surface area contributed by atoms with Crippen molar-refractivity contribution >= 4 is 21.9 Å². The van der Waals surface area contributed by atoms with Gasteiger partial charge in [-0.05, 0) is 31.2 Å². The summed E-state index contributed by atoms with van der Waals surface area (Å²) in [6, 6.07) is 7.46. The van der Waals surface area contributed by atoms with Gasteiger partial charge in [0, 0.05) is 4.47 Å². The second-order valence-corrected chi connectivity index (χ2v) is 3.77. The topological polar surface area (TPSA) is 35.5 Å². The average Bonchev–Trinajstić information content (AvgIpc) is 2.21. The van der Waals surface area contributed by atoms with Crippen LogP contribution < -0.4 is 4.74 Å². The summed E-state index contributed by atoms with van der Waals surface area (Å²) in [4.78, 5) is 11.0. The van der Waals surface area contributed by atoms with Crippen molar-refractivity contribution in [2.24, 2.45) is 0 Å². The second kappa shape index (κ2) is 6.45. The first-order chi connectivity index (χ1) is 7.22. The molecule has 0 saturated carbocycles. The number of rotatable bonds is 5. The lowest BCUT2D eigenvalue weighted by atomic mass is 10.3. The molecule has 0 atom stereocenters. The van der Waals surface area contributed by atoms with Gasteiger partial charge < -0.3 is 9.47 Å². The average molecular weight is 273 g/mol. The van der Waals surface area contributed by atoms with Crippen molar-refractivity contribution in [3.63, 3.8) is 0 Å². The first-order valence-electron chi connectivity index (χ1n) is 4.76. The summed E-state index contributed by atoms with van der Waals surface area (Å²) in [6.07, 6.45) is 0.282. The Morgan fingerprint density at radius 2 is 2.00 bits per heavy atom. The van der Waals surface area contributed by atoms with Gasteiger partial charge in [0.1, 0.15) is 5.75 Å². The standard InChI is InChI=1S/C11H13BrO3/c1-2-14-11(13)7-8-15-10-5-3-9(12)4-6-10/h3-6H,2,7-8H2,1H3. The van der Waals surface area contributed by atoms with Crippen LogP contribution in [0.3, 0.4) is 0 Å². The Hall–Kier alpha value is -1.03. The minimum absolute atomic E-state index is 0.227. The molecule has 1 aromatic rings. The van der Waals surface area contributed by atoms with Gasteiger partial charge >= 0.3 is 5.97 Å². The van der Waals surface area contributed by atoms with Gasteiger partial charge in [-0.25, -0.2) is 0 Å². The minimum Gasteiger partial charge on any atom is -0.493 e. The monoisotopic (exact) mass is 272 g/mol. The third-order valence-corrected chi connectivity index (χ3v) is 2.22. The quantitative estimate of drug-likeness (QED) is 0.774. The Morgan fingerprint density at radius 3 is 2.60 bits per heavy atom. The number of hydrogen-bond acceptors (Lipinski definition) is 3. The van der Waals surface area contributed by atoms with Crippen LogP contribution in [0.5, 0.6) is 5.75 Å². The van der Waals surface area contributed by atoms with E-state index in [0.29, 0.717) is 13.2 Å². The highest BCUT2D eigenvalue weighted by Crippen LogP contribution is 2.16. The van der Waals surface area contributed by atoms with E-state index in [1.54, 1.807) is 6.92 Å². The summed E-state index contributed by atoms with van der Waals surface area (Å²) >= 11 is 3.33. The van der Waals surface area contributed by atoms with Gasteiger partial charge in [0.2, 0.25) is 0 Å². The van der Waals surface area contributed by atoms with Crippen molar-refractivity contribution in [1.29, 1.82) is 0 Å². The Balaban J connectivity index is 2.26. The molecule has 0 unspecified atom stereocenters. The highest BCUT2D eigenvalue weighted by Gasteiger charge is 2.01. The number of carbonyl (C=O) groups is 1. The molecule has 0 heterocycles. The van der Waals surface area contributed by atoms with Gasteiger partial charge in [-0.2, -0.15) is 0 Å². The van der Waals surface area contributed by atoms with Crippen LogP contribution in [0.15, 0.2) is 28.7 Å². The SMILES string of the molecule is CCOC(=O)CCOc1ccc(Br)cc1. The Morgan fingerprint density at radius 1 is 1.33 bits per heavy atom. The molecule has 0 saturated heterocycles. The van der Waals surface area contributed by atoms with Gasteiger partial charge in [0.15, 0.2) is 0 Å². The van der Waals surface area contributed by atoms with Crippen LogP contribution in [0.4, 0.5) is 0 Å². The zero-order valence-corrected chi connectivity index (χ0v) is 10.1. The van der Waals surface area contributed by atoms with E-state index in [9.17, 15) is 4.79 Å². The van der Waals surface area contributed by atoms with Crippen molar-refractivity contribution in [3.05, 3.63) is 28.7 Å². The predicted octanol–water partition coefficient (Wildman–Crippen LogP) is 2.78. The van der Waals surface area contributed by atoms with Gasteiger partial charge in [0.05, 0.1) is 19.6 Å². The molecule has 0 radical (unpaired) electrons. The molecule has 0 aliphatic carbocycles. The van der Waals surface area contributed by atoms with Crippen LogP contribution in [-0.2, 0) is 9.53 Å². The molecule has 0 N–H and O–H groups in total. The predicted molar refractivity (Wildman–Crippen MR) is 60.9 cm³/mol. The lowest BCUT2D eigenvalue weighted by molar-refractivity contribution is -0.143.